The third-order valence-electron chi connectivity index (χ3n) is 4.15. The van der Waals surface area contributed by atoms with Gasteiger partial charge in [-0.25, -0.2) is 0 Å². The van der Waals surface area contributed by atoms with Gasteiger partial charge in [0.1, 0.15) is 0 Å². The van der Waals surface area contributed by atoms with Crippen LogP contribution < -0.4 is 10.6 Å². The van der Waals surface area contributed by atoms with Gasteiger partial charge in [-0.3, -0.25) is 0 Å². The molecule has 0 aromatic heterocycles. The molecule has 0 radical (unpaired) electrons. The van der Waals surface area contributed by atoms with Crippen molar-refractivity contribution in [2.75, 3.05) is 11.4 Å². The molecule has 1 aromatic rings. The van der Waals surface area contributed by atoms with Crippen molar-refractivity contribution in [2.45, 2.75) is 65.0 Å². The fraction of sp³-hybridized carbons (Fsp3) is 0.667. The van der Waals surface area contributed by atoms with Gasteiger partial charge in [0.25, 0.3) is 0 Å². The second-order valence-electron chi connectivity index (χ2n) is 6.83. The first-order valence-electron chi connectivity index (χ1n) is 8.17. The van der Waals surface area contributed by atoms with Crippen molar-refractivity contribution in [1.82, 2.24) is 0 Å². The number of nitrogens with two attached hydrogens (primary N) is 1. The number of benzene rings is 1. The van der Waals surface area contributed by atoms with Gasteiger partial charge in [0.15, 0.2) is 0 Å². The number of rotatable bonds is 6. The molecule has 0 spiro atoms. The maximum atomic E-state index is 5.88. The van der Waals surface area contributed by atoms with Crippen LogP contribution in [0.5, 0.6) is 0 Å². The van der Waals surface area contributed by atoms with E-state index >= 15 is 0 Å². The van der Waals surface area contributed by atoms with Gasteiger partial charge < -0.3 is 10.6 Å². The SMILES string of the molecule is CC(C)CN(c1ccc(CC(C)N)cc1)C1CCCC1. The van der Waals surface area contributed by atoms with Crippen LogP contribution >= 0.6 is 0 Å². The van der Waals surface area contributed by atoms with Crippen LogP contribution in [0, 0.1) is 5.92 Å². The summed E-state index contributed by atoms with van der Waals surface area (Å²) in [7, 11) is 0. The molecule has 2 nitrogen and oxygen atoms in total. The minimum Gasteiger partial charge on any atom is -0.368 e. The van der Waals surface area contributed by atoms with Gasteiger partial charge in [-0.2, -0.15) is 0 Å². The molecule has 0 saturated heterocycles. The van der Waals surface area contributed by atoms with E-state index in [4.69, 9.17) is 5.73 Å². The molecule has 2 rings (SSSR count). The van der Waals surface area contributed by atoms with Gasteiger partial charge >= 0.3 is 0 Å². The highest BCUT2D eigenvalue weighted by atomic mass is 15.2. The zero-order valence-electron chi connectivity index (χ0n) is 13.3. The van der Waals surface area contributed by atoms with Crippen LogP contribution in [-0.4, -0.2) is 18.6 Å². The lowest BCUT2D eigenvalue weighted by Crippen LogP contribution is -2.36. The standard InChI is InChI=1S/C18H30N2/c1-14(2)13-20(17-6-4-5-7-17)18-10-8-16(9-11-18)12-15(3)19/h8-11,14-15,17H,4-7,12-13,19H2,1-3H3. The van der Waals surface area contributed by atoms with E-state index in [1.165, 1.54) is 36.9 Å². The van der Waals surface area contributed by atoms with Gasteiger partial charge in [-0.15, -0.1) is 0 Å². The fourth-order valence-electron chi connectivity index (χ4n) is 3.27. The van der Waals surface area contributed by atoms with Crippen molar-refractivity contribution in [3.05, 3.63) is 29.8 Å². The van der Waals surface area contributed by atoms with E-state index in [0.29, 0.717) is 5.92 Å². The molecule has 0 bridgehead atoms. The summed E-state index contributed by atoms with van der Waals surface area (Å²) < 4.78 is 0. The van der Waals surface area contributed by atoms with Crippen molar-refractivity contribution >= 4 is 5.69 Å². The molecule has 1 unspecified atom stereocenters. The highest BCUT2D eigenvalue weighted by Crippen LogP contribution is 2.29. The van der Waals surface area contributed by atoms with E-state index in [0.717, 1.165) is 19.0 Å². The smallest absolute Gasteiger partial charge is 0.0368 e. The van der Waals surface area contributed by atoms with Crippen LogP contribution in [0.25, 0.3) is 0 Å². The zero-order chi connectivity index (χ0) is 14.5. The minimum absolute atomic E-state index is 0.238. The minimum atomic E-state index is 0.238. The molecule has 0 amide bonds. The lowest BCUT2D eigenvalue weighted by atomic mass is 10.1. The van der Waals surface area contributed by atoms with Crippen molar-refractivity contribution < 1.29 is 0 Å². The van der Waals surface area contributed by atoms with Gasteiger partial charge in [0.2, 0.25) is 0 Å². The Morgan fingerprint density at radius 3 is 2.20 bits per heavy atom. The van der Waals surface area contributed by atoms with Crippen LogP contribution in [0.4, 0.5) is 5.69 Å². The summed E-state index contributed by atoms with van der Waals surface area (Å²) in [4.78, 5) is 2.63. The molecule has 2 heteroatoms. The second-order valence-corrected chi connectivity index (χ2v) is 6.83. The highest BCUT2D eigenvalue weighted by Gasteiger charge is 2.23. The monoisotopic (exact) mass is 274 g/mol. The molecule has 0 heterocycles. The zero-order valence-corrected chi connectivity index (χ0v) is 13.3. The summed E-state index contributed by atoms with van der Waals surface area (Å²) in [6.07, 6.45) is 6.46. The quantitative estimate of drug-likeness (QED) is 0.850. The molecule has 1 aliphatic rings. The molecular weight excluding hydrogens is 244 g/mol. The van der Waals surface area contributed by atoms with Crippen LogP contribution in [0.1, 0.15) is 52.0 Å². The molecule has 1 fully saturated rings. The van der Waals surface area contributed by atoms with Crippen LogP contribution in [-0.2, 0) is 6.42 Å². The van der Waals surface area contributed by atoms with Crippen LogP contribution in [0.15, 0.2) is 24.3 Å². The third-order valence-corrected chi connectivity index (χ3v) is 4.15. The Balaban J connectivity index is 2.11. The Morgan fingerprint density at radius 1 is 1.10 bits per heavy atom. The van der Waals surface area contributed by atoms with E-state index in [1.807, 2.05) is 0 Å². The van der Waals surface area contributed by atoms with E-state index in [-0.39, 0.29) is 6.04 Å². The average Bonchev–Trinajstić information content (AvgIpc) is 2.90. The number of hydrogen-bond acceptors (Lipinski definition) is 2. The van der Waals surface area contributed by atoms with Gasteiger partial charge in [0, 0.05) is 24.3 Å². The van der Waals surface area contributed by atoms with E-state index in [9.17, 15) is 0 Å². The van der Waals surface area contributed by atoms with E-state index in [2.05, 4.69) is 49.9 Å². The summed E-state index contributed by atoms with van der Waals surface area (Å²) in [6, 6.07) is 10.1. The lowest BCUT2D eigenvalue weighted by molar-refractivity contribution is 0.536. The maximum absolute atomic E-state index is 5.88. The van der Waals surface area contributed by atoms with Gasteiger partial charge in [-0.1, -0.05) is 38.8 Å². The Morgan fingerprint density at radius 2 is 1.70 bits per heavy atom. The normalized spacial score (nSPS) is 17.6. The molecule has 1 saturated carbocycles. The average molecular weight is 274 g/mol. The molecule has 1 atom stereocenters. The summed E-state index contributed by atoms with van der Waals surface area (Å²) in [5.74, 6) is 0.708. The lowest BCUT2D eigenvalue weighted by Gasteiger charge is -2.33. The highest BCUT2D eigenvalue weighted by molar-refractivity contribution is 5.49. The topological polar surface area (TPSA) is 29.3 Å². The molecule has 0 aliphatic heterocycles. The Hall–Kier alpha value is -1.02. The summed E-state index contributed by atoms with van der Waals surface area (Å²) in [6.45, 7) is 7.85. The molecule has 1 aliphatic carbocycles. The molecule has 2 N–H and O–H groups in total. The first kappa shape index (κ1) is 15.4. The number of nitrogens with zero attached hydrogens (tertiary/aromatic N) is 1. The Kier molecular flexibility index (Phi) is 5.47. The maximum Gasteiger partial charge on any atom is 0.0368 e. The summed E-state index contributed by atoms with van der Waals surface area (Å²) >= 11 is 0. The fourth-order valence-corrected chi connectivity index (χ4v) is 3.27. The van der Waals surface area contributed by atoms with Crippen molar-refractivity contribution in [1.29, 1.82) is 0 Å². The second kappa shape index (κ2) is 7.12. The first-order valence-corrected chi connectivity index (χ1v) is 8.17. The molecule has 20 heavy (non-hydrogen) atoms. The van der Waals surface area contributed by atoms with E-state index < -0.39 is 0 Å². The summed E-state index contributed by atoms with van der Waals surface area (Å²) in [5, 5.41) is 0. The van der Waals surface area contributed by atoms with Crippen LogP contribution in [0.3, 0.4) is 0 Å². The van der Waals surface area contributed by atoms with E-state index in [1.54, 1.807) is 0 Å². The predicted octanol–water partition coefficient (Wildman–Crippen LogP) is 3.98. The Labute approximate surface area is 124 Å². The first-order chi connectivity index (χ1) is 9.56. The van der Waals surface area contributed by atoms with Crippen molar-refractivity contribution in [2.24, 2.45) is 11.7 Å². The Bertz CT molecular complexity index is 388. The molecule has 112 valence electrons. The third kappa shape index (κ3) is 4.24. The van der Waals surface area contributed by atoms with Crippen LogP contribution in [0.2, 0.25) is 0 Å². The number of anilines is 1. The van der Waals surface area contributed by atoms with Gasteiger partial charge in [-0.05, 0) is 49.8 Å². The number of hydrogen-bond donors (Lipinski definition) is 1. The van der Waals surface area contributed by atoms with Gasteiger partial charge in [0.05, 0.1) is 0 Å². The predicted molar refractivity (Wildman–Crippen MR) is 88.2 cm³/mol. The van der Waals surface area contributed by atoms with Crippen molar-refractivity contribution in [3.8, 4) is 0 Å². The summed E-state index contributed by atoms with van der Waals surface area (Å²) in [5.41, 5.74) is 8.61. The molecule has 1 aromatic carbocycles. The van der Waals surface area contributed by atoms with Crippen molar-refractivity contribution in [3.63, 3.8) is 0 Å². The largest absolute Gasteiger partial charge is 0.368 e. The molecular formula is C18H30N2.